The summed E-state index contributed by atoms with van der Waals surface area (Å²) in [6.45, 7) is 0. The van der Waals surface area contributed by atoms with Crippen molar-refractivity contribution >= 4 is 28.8 Å². The highest BCUT2D eigenvalue weighted by Gasteiger charge is 2.25. The van der Waals surface area contributed by atoms with Crippen LogP contribution < -0.4 is 4.90 Å². The first kappa shape index (κ1) is 14.4. The van der Waals surface area contributed by atoms with E-state index in [0.717, 1.165) is 26.9 Å². The lowest BCUT2D eigenvalue weighted by atomic mass is 10.1. The number of anilines is 3. The Labute approximate surface area is 144 Å². The fourth-order valence-electron chi connectivity index (χ4n) is 2.85. The van der Waals surface area contributed by atoms with Crippen LogP contribution in [0.15, 0.2) is 76.5 Å². The van der Waals surface area contributed by atoms with Gasteiger partial charge in [0.1, 0.15) is 6.07 Å². The Morgan fingerprint density at radius 2 is 1.33 bits per heavy atom. The van der Waals surface area contributed by atoms with E-state index in [1.165, 1.54) is 0 Å². The third-order valence-corrected chi connectivity index (χ3v) is 5.05. The van der Waals surface area contributed by atoms with Crippen molar-refractivity contribution in [1.29, 1.82) is 10.5 Å². The zero-order valence-corrected chi connectivity index (χ0v) is 13.4. The number of rotatable bonds is 1. The van der Waals surface area contributed by atoms with Gasteiger partial charge in [-0.05, 0) is 42.5 Å². The van der Waals surface area contributed by atoms with Gasteiger partial charge >= 0.3 is 0 Å². The number of benzene rings is 3. The molecule has 0 atom stereocenters. The molecule has 1 heterocycles. The minimum atomic E-state index is 0.489. The fourth-order valence-corrected chi connectivity index (χ4v) is 3.91. The molecule has 0 aromatic heterocycles. The van der Waals surface area contributed by atoms with Gasteiger partial charge in [-0.25, -0.2) is 0 Å². The summed E-state index contributed by atoms with van der Waals surface area (Å²) in [7, 11) is 0. The van der Waals surface area contributed by atoms with Crippen LogP contribution in [0.5, 0.6) is 0 Å². The number of fused-ring (bicyclic) bond motifs is 2. The first-order valence-corrected chi connectivity index (χ1v) is 8.24. The average molecular weight is 325 g/mol. The largest absolute Gasteiger partial charge is 0.307 e. The van der Waals surface area contributed by atoms with Gasteiger partial charge in [0.25, 0.3) is 0 Å². The molecule has 0 spiro atoms. The van der Waals surface area contributed by atoms with E-state index in [-0.39, 0.29) is 0 Å². The van der Waals surface area contributed by atoms with Crippen molar-refractivity contribution in [3.63, 3.8) is 0 Å². The zero-order valence-electron chi connectivity index (χ0n) is 12.6. The summed E-state index contributed by atoms with van der Waals surface area (Å²) in [5.74, 6) is 0. The summed E-state index contributed by atoms with van der Waals surface area (Å²) in [5, 5.41) is 18.7. The molecule has 0 unspecified atom stereocenters. The monoisotopic (exact) mass is 325 g/mol. The second-order valence-corrected chi connectivity index (χ2v) is 6.41. The summed E-state index contributed by atoms with van der Waals surface area (Å²) in [6.07, 6.45) is 0. The zero-order chi connectivity index (χ0) is 16.5. The van der Waals surface area contributed by atoms with Gasteiger partial charge in [0.2, 0.25) is 0 Å². The molecule has 0 aliphatic carbocycles. The number of nitrogens with zero attached hydrogens (tertiary/aromatic N) is 3. The Kier molecular flexibility index (Phi) is 3.46. The van der Waals surface area contributed by atoms with E-state index in [2.05, 4.69) is 41.3 Å². The van der Waals surface area contributed by atoms with Crippen molar-refractivity contribution in [3.8, 4) is 12.1 Å². The van der Waals surface area contributed by atoms with E-state index in [9.17, 15) is 5.26 Å². The van der Waals surface area contributed by atoms with Crippen molar-refractivity contribution in [2.45, 2.75) is 9.79 Å². The molecule has 1 aliphatic rings. The predicted molar refractivity (Wildman–Crippen MR) is 94.7 cm³/mol. The maximum atomic E-state index is 9.57. The van der Waals surface area contributed by atoms with E-state index in [1.807, 2.05) is 30.3 Å². The Bertz CT molecular complexity index is 982. The standard InChI is InChI=1S/C20H11N3S/c21-12-14-9-10-16(15(11-14)13-22)23-17-5-1-3-7-19(17)24-20-8-4-2-6-18(20)23/h1-11H. The van der Waals surface area contributed by atoms with Crippen LogP contribution in [0.3, 0.4) is 0 Å². The number of hydrogen-bond donors (Lipinski definition) is 0. The second-order valence-electron chi connectivity index (χ2n) is 5.33. The highest BCUT2D eigenvalue weighted by Crippen LogP contribution is 2.51. The van der Waals surface area contributed by atoms with Gasteiger partial charge in [0.15, 0.2) is 0 Å². The predicted octanol–water partition coefficient (Wildman–Crippen LogP) is 5.36. The van der Waals surface area contributed by atoms with Crippen LogP contribution in [-0.4, -0.2) is 0 Å². The third-order valence-electron chi connectivity index (χ3n) is 3.92. The molecule has 24 heavy (non-hydrogen) atoms. The third kappa shape index (κ3) is 2.22. The van der Waals surface area contributed by atoms with Crippen LogP contribution in [0, 0.1) is 22.7 Å². The fraction of sp³-hybridized carbons (Fsp3) is 0. The molecule has 0 amide bonds. The molecule has 112 valence electrons. The Balaban J connectivity index is 2.00. The summed E-state index contributed by atoms with van der Waals surface area (Å²) < 4.78 is 0. The quantitative estimate of drug-likeness (QED) is 0.472. The van der Waals surface area contributed by atoms with Gasteiger partial charge in [-0.15, -0.1) is 0 Å². The van der Waals surface area contributed by atoms with E-state index in [0.29, 0.717) is 11.1 Å². The Hall–Kier alpha value is -3.21. The minimum Gasteiger partial charge on any atom is -0.307 e. The Morgan fingerprint density at radius 1 is 0.708 bits per heavy atom. The van der Waals surface area contributed by atoms with E-state index >= 15 is 0 Å². The van der Waals surface area contributed by atoms with Crippen molar-refractivity contribution in [3.05, 3.63) is 77.9 Å². The SMILES string of the molecule is N#Cc1ccc(N2c3ccccc3Sc3ccccc32)c(C#N)c1. The number of nitriles is 2. The van der Waals surface area contributed by atoms with E-state index in [4.69, 9.17) is 5.26 Å². The van der Waals surface area contributed by atoms with Gasteiger partial charge in [-0.3, -0.25) is 0 Å². The molecule has 3 nitrogen and oxygen atoms in total. The van der Waals surface area contributed by atoms with Crippen molar-refractivity contribution in [2.75, 3.05) is 4.90 Å². The summed E-state index contributed by atoms with van der Waals surface area (Å²) in [5.41, 5.74) is 3.86. The lowest BCUT2D eigenvalue weighted by molar-refractivity contribution is 1.16. The van der Waals surface area contributed by atoms with Crippen LogP contribution in [0.4, 0.5) is 17.1 Å². The van der Waals surface area contributed by atoms with E-state index in [1.54, 1.807) is 23.9 Å². The summed E-state index contributed by atoms with van der Waals surface area (Å²) >= 11 is 1.73. The second kappa shape index (κ2) is 5.77. The Morgan fingerprint density at radius 3 is 1.92 bits per heavy atom. The average Bonchev–Trinajstić information content (AvgIpc) is 2.65. The molecule has 1 aliphatic heterocycles. The smallest absolute Gasteiger partial charge is 0.101 e. The normalized spacial score (nSPS) is 11.8. The molecule has 0 fully saturated rings. The van der Waals surface area contributed by atoms with E-state index < -0.39 is 0 Å². The van der Waals surface area contributed by atoms with Crippen LogP contribution in [0.2, 0.25) is 0 Å². The molecule has 0 bridgehead atoms. The molecule has 0 saturated heterocycles. The van der Waals surface area contributed by atoms with Gasteiger partial charge < -0.3 is 4.90 Å². The molecule has 3 aromatic rings. The maximum Gasteiger partial charge on any atom is 0.101 e. The minimum absolute atomic E-state index is 0.489. The number of para-hydroxylation sites is 2. The highest BCUT2D eigenvalue weighted by molar-refractivity contribution is 7.99. The van der Waals surface area contributed by atoms with Gasteiger partial charge in [0.05, 0.1) is 34.3 Å². The van der Waals surface area contributed by atoms with Crippen molar-refractivity contribution in [2.24, 2.45) is 0 Å². The van der Waals surface area contributed by atoms with Crippen LogP contribution in [-0.2, 0) is 0 Å². The van der Waals surface area contributed by atoms with Gasteiger partial charge in [-0.1, -0.05) is 36.0 Å². The van der Waals surface area contributed by atoms with Gasteiger partial charge in [0, 0.05) is 9.79 Å². The topological polar surface area (TPSA) is 50.8 Å². The molecular weight excluding hydrogens is 314 g/mol. The number of hydrogen-bond acceptors (Lipinski definition) is 4. The molecular formula is C20H11N3S. The molecule has 4 rings (SSSR count). The van der Waals surface area contributed by atoms with Crippen molar-refractivity contribution in [1.82, 2.24) is 0 Å². The first-order chi connectivity index (χ1) is 11.8. The molecule has 0 radical (unpaired) electrons. The first-order valence-electron chi connectivity index (χ1n) is 7.42. The van der Waals surface area contributed by atoms with Gasteiger partial charge in [-0.2, -0.15) is 10.5 Å². The highest BCUT2D eigenvalue weighted by atomic mass is 32.2. The molecule has 0 N–H and O–H groups in total. The molecule has 3 aromatic carbocycles. The summed E-state index contributed by atoms with van der Waals surface area (Å²) in [4.78, 5) is 4.38. The lowest BCUT2D eigenvalue weighted by Crippen LogP contribution is -2.15. The molecule has 0 saturated carbocycles. The van der Waals surface area contributed by atoms with Crippen LogP contribution >= 0.6 is 11.8 Å². The lowest BCUT2D eigenvalue weighted by Gasteiger charge is -2.33. The van der Waals surface area contributed by atoms with Crippen LogP contribution in [0.1, 0.15) is 11.1 Å². The molecule has 4 heteroatoms. The van der Waals surface area contributed by atoms with Crippen molar-refractivity contribution < 1.29 is 0 Å². The summed E-state index contributed by atoms with van der Waals surface area (Å²) in [6, 6.07) is 25.9. The maximum absolute atomic E-state index is 9.57. The van der Waals surface area contributed by atoms with Crippen LogP contribution in [0.25, 0.3) is 0 Å².